The molecule has 2 aromatic carbocycles. The first-order valence-corrected chi connectivity index (χ1v) is 12.8. The van der Waals surface area contributed by atoms with Crippen molar-refractivity contribution < 1.29 is 0 Å². The SMILES string of the molecule is Cc1cccc(CCNCC2CCC(CCCc3nc(N(C)C)c4ccccc4n3)CC2)c1. The van der Waals surface area contributed by atoms with E-state index in [1.807, 2.05) is 0 Å². The molecule has 0 radical (unpaired) electrons. The second-order valence-corrected chi connectivity index (χ2v) is 10.1. The molecule has 1 fully saturated rings. The van der Waals surface area contributed by atoms with Crippen molar-refractivity contribution in [2.45, 2.75) is 58.3 Å². The van der Waals surface area contributed by atoms with Crippen molar-refractivity contribution >= 4 is 16.7 Å². The summed E-state index contributed by atoms with van der Waals surface area (Å²) in [5, 5.41) is 4.85. The predicted octanol–water partition coefficient (Wildman–Crippen LogP) is 5.97. The number of aryl methyl sites for hydroxylation is 2. The highest BCUT2D eigenvalue weighted by Crippen LogP contribution is 2.31. The summed E-state index contributed by atoms with van der Waals surface area (Å²) < 4.78 is 0. The summed E-state index contributed by atoms with van der Waals surface area (Å²) in [4.78, 5) is 11.8. The first-order valence-electron chi connectivity index (χ1n) is 12.8. The average molecular weight is 445 g/mol. The molecule has 0 unspecified atom stereocenters. The van der Waals surface area contributed by atoms with Crippen molar-refractivity contribution in [3.8, 4) is 0 Å². The van der Waals surface area contributed by atoms with Crippen LogP contribution in [0.5, 0.6) is 0 Å². The third-order valence-corrected chi connectivity index (χ3v) is 7.14. The Morgan fingerprint density at radius 2 is 1.70 bits per heavy atom. The molecular formula is C29H40N4. The van der Waals surface area contributed by atoms with Crippen LogP contribution in [-0.4, -0.2) is 37.2 Å². The van der Waals surface area contributed by atoms with E-state index in [1.165, 1.54) is 56.2 Å². The Hall–Kier alpha value is -2.46. The highest BCUT2D eigenvalue weighted by molar-refractivity contribution is 5.89. The lowest BCUT2D eigenvalue weighted by molar-refractivity contribution is 0.254. The Labute approximate surface area is 199 Å². The van der Waals surface area contributed by atoms with Gasteiger partial charge in [-0.3, -0.25) is 0 Å². The van der Waals surface area contributed by atoms with Gasteiger partial charge in [-0.25, -0.2) is 9.97 Å². The van der Waals surface area contributed by atoms with Gasteiger partial charge in [0.1, 0.15) is 11.6 Å². The van der Waals surface area contributed by atoms with Crippen LogP contribution in [0.2, 0.25) is 0 Å². The molecule has 0 aliphatic heterocycles. The molecule has 3 aromatic rings. The van der Waals surface area contributed by atoms with Gasteiger partial charge in [-0.05, 0) is 75.2 Å². The van der Waals surface area contributed by atoms with Crippen LogP contribution in [0.4, 0.5) is 5.82 Å². The summed E-state index contributed by atoms with van der Waals surface area (Å²) in [7, 11) is 4.13. The smallest absolute Gasteiger partial charge is 0.139 e. The normalized spacial score (nSPS) is 18.5. The first kappa shape index (κ1) is 23.7. The number of anilines is 1. The summed E-state index contributed by atoms with van der Waals surface area (Å²) in [5.41, 5.74) is 3.86. The van der Waals surface area contributed by atoms with E-state index in [9.17, 15) is 0 Å². The fraction of sp³-hybridized carbons (Fsp3) is 0.517. The van der Waals surface area contributed by atoms with Crippen LogP contribution >= 0.6 is 0 Å². The third-order valence-electron chi connectivity index (χ3n) is 7.14. The Morgan fingerprint density at radius 3 is 2.48 bits per heavy atom. The fourth-order valence-corrected chi connectivity index (χ4v) is 5.24. The van der Waals surface area contributed by atoms with Crippen molar-refractivity contribution in [1.29, 1.82) is 0 Å². The van der Waals surface area contributed by atoms with Gasteiger partial charge in [-0.2, -0.15) is 0 Å². The number of fused-ring (bicyclic) bond motifs is 1. The maximum absolute atomic E-state index is 4.87. The zero-order valence-corrected chi connectivity index (χ0v) is 20.7. The van der Waals surface area contributed by atoms with Crippen LogP contribution in [0.3, 0.4) is 0 Å². The molecule has 4 nitrogen and oxygen atoms in total. The summed E-state index contributed by atoms with van der Waals surface area (Å²) in [5.74, 6) is 3.75. The lowest BCUT2D eigenvalue weighted by Crippen LogP contribution is -2.28. The number of aromatic nitrogens is 2. The number of hydrogen-bond donors (Lipinski definition) is 1. The Balaban J connectivity index is 1.16. The maximum atomic E-state index is 4.87. The van der Waals surface area contributed by atoms with Gasteiger partial charge in [0.25, 0.3) is 0 Å². The number of nitrogens with one attached hydrogen (secondary N) is 1. The lowest BCUT2D eigenvalue weighted by atomic mass is 9.80. The van der Waals surface area contributed by atoms with Crippen LogP contribution in [0.25, 0.3) is 10.9 Å². The van der Waals surface area contributed by atoms with Crippen LogP contribution in [0, 0.1) is 18.8 Å². The van der Waals surface area contributed by atoms with Crippen LogP contribution in [-0.2, 0) is 12.8 Å². The van der Waals surface area contributed by atoms with Crippen molar-refractivity contribution in [1.82, 2.24) is 15.3 Å². The summed E-state index contributed by atoms with van der Waals surface area (Å²) >= 11 is 0. The standard InChI is InChI=1S/C29H40N4/c1-22-8-6-10-24(20-22)18-19-30-21-25-16-14-23(15-17-25)9-7-13-28-31-27-12-5-4-11-26(27)29(32-28)33(2)3/h4-6,8,10-12,20,23,25,30H,7,9,13-19,21H2,1-3H3. The highest BCUT2D eigenvalue weighted by Gasteiger charge is 2.21. The number of rotatable bonds is 10. The highest BCUT2D eigenvalue weighted by atomic mass is 15.1. The van der Waals surface area contributed by atoms with Crippen LogP contribution in [0.1, 0.15) is 55.5 Å². The quantitative estimate of drug-likeness (QED) is 0.391. The van der Waals surface area contributed by atoms with Crippen molar-refractivity contribution in [2.75, 3.05) is 32.1 Å². The second kappa shape index (κ2) is 11.6. The van der Waals surface area contributed by atoms with Gasteiger partial charge < -0.3 is 10.2 Å². The van der Waals surface area contributed by atoms with Gasteiger partial charge in [-0.15, -0.1) is 0 Å². The predicted molar refractivity (Wildman–Crippen MR) is 140 cm³/mol. The van der Waals surface area contributed by atoms with Gasteiger partial charge in [0.2, 0.25) is 0 Å². The molecule has 1 aromatic heterocycles. The van der Waals surface area contributed by atoms with Crippen LogP contribution in [0.15, 0.2) is 48.5 Å². The fourth-order valence-electron chi connectivity index (χ4n) is 5.24. The molecule has 1 aliphatic carbocycles. The number of benzene rings is 2. The number of hydrogen-bond acceptors (Lipinski definition) is 4. The van der Waals surface area contributed by atoms with Crippen molar-refractivity contribution in [3.63, 3.8) is 0 Å². The molecule has 0 amide bonds. The number of nitrogens with zero attached hydrogens (tertiary/aromatic N) is 3. The van der Waals surface area contributed by atoms with Gasteiger partial charge >= 0.3 is 0 Å². The van der Waals surface area contributed by atoms with E-state index in [0.717, 1.165) is 53.8 Å². The Bertz CT molecular complexity index is 1020. The molecule has 1 heterocycles. The van der Waals surface area contributed by atoms with Gasteiger partial charge in [-0.1, -0.05) is 61.2 Å². The Morgan fingerprint density at radius 1 is 0.909 bits per heavy atom. The van der Waals surface area contributed by atoms with Crippen LogP contribution < -0.4 is 10.2 Å². The summed E-state index contributed by atoms with van der Waals surface area (Å²) in [6.07, 6.45) is 10.1. The Kier molecular flexibility index (Phi) is 8.33. The van der Waals surface area contributed by atoms with Crippen molar-refractivity contribution in [2.24, 2.45) is 11.8 Å². The molecule has 4 heteroatoms. The molecule has 0 atom stereocenters. The van der Waals surface area contributed by atoms with E-state index in [2.05, 4.69) is 79.8 Å². The molecule has 1 saturated carbocycles. The molecule has 1 aliphatic rings. The maximum Gasteiger partial charge on any atom is 0.139 e. The minimum absolute atomic E-state index is 0.852. The van der Waals surface area contributed by atoms with E-state index < -0.39 is 0 Å². The second-order valence-electron chi connectivity index (χ2n) is 10.1. The molecule has 0 spiro atoms. The zero-order valence-electron chi connectivity index (χ0n) is 20.7. The van der Waals surface area contributed by atoms with E-state index >= 15 is 0 Å². The zero-order chi connectivity index (χ0) is 23.0. The summed E-state index contributed by atoms with van der Waals surface area (Å²) in [6.45, 7) is 4.44. The van der Waals surface area contributed by atoms with E-state index in [-0.39, 0.29) is 0 Å². The van der Waals surface area contributed by atoms with Gasteiger partial charge in [0.15, 0.2) is 0 Å². The molecule has 0 bridgehead atoms. The van der Waals surface area contributed by atoms with E-state index in [4.69, 9.17) is 9.97 Å². The minimum atomic E-state index is 0.852. The molecule has 0 saturated heterocycles. The molecule has 1 N–H and O–H groups in total. The van der Waals surface area contributed by atoms with Gasteiger partial charge in [0.05, 0.1) is 5.52 Å². The molecule has 33 heavy (non-hydrogen) atoms. The summed E-state index contributed by atoms with van der Waals surface area (Å²) in [6, 6.07) is 17.2. The lowest BCUT2D eigenvalue weighted by Gasteiger charge is -2.28. The average Bonchev–Trinajstić information content (AvgIpc) is 2.82. The van der Waals surface area contributed by atoms with E-state index in [1.54, 1.807) is 0 Å². The monoisotopic (exact) mass is 444 g/mol. The molecular weight excluding hydrogens is 404 g/mol. The number of para-hydroxylation sites is 1. The van der Waals surface area contributed by atoms with Crippen molar-refractivity contribution in [3.05, 3.63) is 65.5 Å². The first-order chi connectivity index (χ1) is 16.1. The largest absolute Gasteiger partial charge is 0.362 e. The molecule has 176 valence electrons. The molecule has 4 rings (SSSR count). The van der Waals surface area contributed by atoms with E-state index in [0.29, 0.717) is 0 Å². The van der Waals surface area contributed by atoms with Gasteiger partial charge in [0, 0.05) is 25.9 Å². The topological polar surface area (TPSA) is 41.1 Å². The third kappa shape index (κ3) is 6.77. The minimum Gasteiger partial charge on any atom is -0.362 e.